The maximum Gasteiger partial charge on any atom is 0.275 e. The fourth-order valence-electron chi connectivity index (χ4n) is 2.37. The Morgan fingerprint density at radius 1 is 0.963 bits per heavy atom. The zero-order valence-corrected chi connectivity index (χ0v) is 15.9. The van der Waals surface area contributed by atoms with E-state index in [1.54, 1.807) is 31.4 Å². The number of carbonyl (C=O) groups is 1. The SMILES string of the molecule is CCOc1ccc(/C=N\NC(=O)c2ccc(OC)cc2OC)c(OCC)c1. The lowest BCUT2D eigenvalue weighted by Crippen LogP contribution is -2.18. The van der Waals surface area contributed by atoms with E-state index in [-0.39, 0.29) is 0 Å². The van der Waals surface area contributed by atoms with E-state index in [0.717, 1.165) is 5.56 Å². The molecule has 1 amide bonds. The molecule has 0 heterocycles. The lowest BCUT2D eigenvalue weighted by Gasteiger charge is -2.10. The molecule has 7 nitrogen and oxygen atoms in total. The number of ether oxygens (including phenoxy) is 4. The van der Waals surface area contributed by atoms with Gasteiger partial charge >= 0.3 is 0 Å². The van der Waals surface area contributed by atoms with E-state index in [1.807, 2.05) is 26.0 Å². The molecule has 2 aromatic carbocycles. The van der Waals surface area contributed by atoms with Gasteiger partial charge < -0.3 is 18.9 Å². The molecule has 0 saturated heterocycles. The van der Waals surface area contributed by atoms with Gasteiger partial charge in [-0.15, -0.1) is 0 Å². The molecule has 0 saturated carbocycles. The maximum atomic E-state index is 12.4. The molecule has 0 bridgehead atoms. The summed E-state index contributed by atoms with van der Waals surface area (Å²) in [6, 6.07) is 10.4. The van der Waals surface area contributed by atoms with E-state index in [9.17, 15) is 4.79 Å². The first kappa shape index (κ1) is 20.1. The zero-order valence-electron chi connectivity index (χ0n) is 15.9. The average molecular weight is 372 g/mol. The van der Waals surface area contributed by atoms with Crippen LogP contribution in [-0.2, 0) is 0 Å². The van der Waals surface area contributed by atoms with Gasteiger partial charge in [-0.2, -0.15) is 5.10 Å². The summed E-state index contributed by atoms with van der Waals surface area (Å²) in [7, 11) is 3.04. The Hall–Kier alpha value is -3.22. The summed E-state index contributed by atoms with van der Waals surface area (Å²) in [6.45, 7) is 4.88. The van der Waals surface area contributed by atoms with Crippen molar-refractivity contribution in [3.05, 3.63) is 47.5 Å². The van der Waals surface area contributed by atoms with Crippen LogP contribution in [0, 0.1) is 0 Å². The summed E-state index contributed by atoms with van der Waals surface area (Å²) >= 11 is 0. The van der Waals surface area contributed by atoms with Gasteiger partial charge in [0, 0.05) is 17.7 Å². The molecule has 27 heavy (non-hydrogen) atoms. The van der Waals surface area contributed by atoms with E-state index in [4.69, 9.17) is 18.9 Å². The van der Waals surface area contributed by atoms with Crippen LogP contribution in [0.1, 0.15) is 29.8 Å². The van der Waals surface area contributed by atoms with Crippen LogP contribution in [-0.4, -0.2) is 39.6 Å². The summed E-state index contributed by atoms with van der Waals surface area (Å²) in [5, 5.41) is 4.02. The Kier molecular flexibility index (Phi) is 7.49. The van der Waals surface area contributed by atoms with Crippen molar-refractivity contribution >= 4 is 12.1 Å². The molecule has 2 rings (SSSR count). The molecule has 0 unspecified atom stereocenters. The van der Waals surface area contributed by atoms with Crippen molar-refractivity contribution in [2.75, 3.05) is 27.4 Å². The van der Waals surface area contributed by atoms with Crippen LogP contribution in [0.15, 0.2) is 41.5 Å². The smallest absolute Gasteiger partial charge is 0.275 e. The molecule has 0 aliphatic carbocycles. The Labute approximate surface area is 158 Å². The summed E-state index contributed by atoms with van der Waals surface area (Å²) in [4.78, 5) is 12.4. The minimum absolute atomic E-state index is 0.354. The molecular formula is C20H24N2O5. The molecule has 7 heteroatoms. The van der Waals surface area contributed by atoms with Crippen LogP contribution in [0.25, 0.3) is 0 Å². The van der Waals surface area contributed by atoms with E-state index in [0.29, 0.717) is 41.8 Å². The Balaban J connectivity index is 2.14. The predicted molar refractivity (Wildman–Crippen MR) is 103 cm³/mol. The van der Waals surface area contributed by atoms with E-state index in [1.165, 1.54) is 13.3 Å². The molecule has 0 radical (unpaired) electrons. The molecule has 0 fully saturated rings. The number of nitrogens with zero attached hydrogens (tertiary/aromatic N) is 1. The summed E-state index contributed by atoms with van der Waals surface area (Å²) in [5.74, 6) is 1.95. The second-order valence-corrected chi connectivity index (χ2v) is 5.33. The fraction of sp³-hybridized carbons (Fsp3) is 0.300. The third-order valence-corrected chi connectivity index (χ3v) is 3.62. The average Bonchev–Trinajstić information content (AvgIpc) is 2.69. The van der Waals surface area contributed by atoms with Gasteiger partial charge in [-0.3, -0.25) is 4.79 Å². The van der Waals surface area contributed by atoms with Crippen LogP contribution in [0.5, 0.6) is 23.0 Å². The number of nitrogens with one attached hydrogen (secondary N) is 1. The van der Waals surface area contributed by atoms with Crippen molar-refractivity contribution in [3.63, 3.8) is 0 Å². The molecule has 0 spiro atoms. The summed E-state index contributed by atoms with van der Waals surface area (Å²) in [5.41, 5.74) is 3.57. The van der Waals surface area contributed by atoms with Crippen LogP contribution in [0.3, 0.4) is 0 Å². The third-order valence-electron chi connectivity index (χ3n) is 3.62. The molecule has 2 aromatic rings. The van der Waals surface area contributed by atoms with Gasteiger partial charge in [0.1, 0.15) is 23.0 Å². The van der Waals surface area contributed by atoms with Crippen molar-refractivity contribution < 1.29 is 23.7 Å². The van der Waals surface area contributed by atoms with Crippen LogP contribution in [0.2, 0.25) is 0 Å². The Morgan fingerprint density at radius 3 is 2.33 bits per heavy atom. The fourth-order valence-corrected chi connectivity index (χ4v) is 2.37. The van der Waals surface area contributed by atoms with Gasteiger partial charge in [-0.25, -0.2) is 5.43 Å². The van der Waals surface area contributed by atoms with Crippen LogP contribution < -0.4 is 24.4 Å². The van der Waals surface area contributed by atoms with Crippen molar-refractivity contribution in [2.24, 2.45) is 5.10 Å². The lowest BCUT2D eigenvalue weighted by atomic mass is 10.2. The monoisotopic (exact) mass is 372 g/mol. The van der Waals surface area contributed by atoms with Crippen LogP contribution >= 0.6 is 0 Å². The molecular weight excluding hydrogens is 348 g/mol. The van der Waals surface area contributed by atoms with E-state index < -0.39 is 5.91 Å². The number of carbonyl (C=O) groups excluding carboxylic acids is 1. The highest BCUT2D eigenvalue weighted by atomic mass is 16.5. The topological polar surface area (TPSA) is 78.4 Å². The second kappa shape index (κ2) is 10.1. The highest BCUT2D eigenvalue weighted by molar-refractivity contribution is 5.97. The maximum absolute atomic E-state index is 12.4. The third kappa shape index (κ3) is 5.37. The van der Waals surface area contributed by atoms with Crippen molar-refractivity contribution in [1.82, 2.24) is 5.43 Å². The lowest BCUT2D eigenvalue weighted by molar-refractivity contribution is 0.0952. The van der Waals surface area contributed by atoms with Crippen molar-refractivity contribution in [2.45, 2.75) is 13.8 Å². The molecule has 0 aliphatic rings. The van der Waals surface area contributed by atoms with E-state index >= 15 is 0 Å². The number of amides is 1. The van der Waals surface area contributed by atoms with Gasteiger partial charge in [0.25, 0.3) is 5.91 Å². The minimum atomic E-state index is -0.394. The van der Waals surface area contributed by atoms with Crippen molar-refractivity contribution in [3.8, 4) is 23.0 Å². The summed E-state index contributed by atoms with van der Waals surface area (Å²) < 4.78 is 21.4. The zero-order chi connectivity index (χ0) is 19.6. The standard InChI is InChI=1S/C20H24N2O5/c1-5-26-16-8-7-14(18(12-16)27-6-2)13-21-22-20(23)17-10-9-15(24-3)11-19(17)25-4/h7-13H,5-6H2,1-4H3,(H,22,23)/b21-13-. The largest absolute Gasteiger partial charge is 0.497 e. The number of hydrazone groups is 1. The van der Waals surface area contributed by atoms with Gasteiger partial charge in [-0.05, 0) is 38.1 Å². The Morgan fingerprint density at radius 2 is 1.67 bits per heavy atom. The number of methoxy groups -OCH3 is 2. The predicted octanol–water partition coefficient (Wildman–Crippen LogP) is 3.27. The van der Waals surface area contributed by atoms with Gasteiger partial charge in [0.15, 0.2) is 0 Å². The molecule has 0 aromatic heterocycles. The van der Waals surface area contributed by atoms with Gasteiger partial charge in [0.05, 0.1) is 39.2 Å². The van der Waals surface area contributed by atoms with Gasteiger partial charge in [0.2, 0.25) is 0 Å². The highest BCUT2D eigenvalue weighted by Crippen LogP contribution is 2.25. The summed E-state index contributed by atoms with van der Waals surface area (Å²) in [6.07, 6.45) is 1.52. The number of hydrogen-bond acceptors (Lipinski definition) is 6. The first-order valence-corrected chi connectivity index (χ1v) is 8.58. The highest BCUT2D eigenvalue weighted by Gasteiger charge is 2.12. The molecule has 1 N–H and O–H groups in total. The van der Waals surface area contributed by atoms with Crippen LogP contribution in [0.4, 0.5) is 0 Å². The molecule has 0 aliphatic heterocycles. The number of hydrogen-bond donors (Lipinski definition) is 1. The Bertz CT molecular complexity index is 805. The first-order valence-electron chi connectivity index (χ1n) is 8.58. The normalized spacial score (nSPS) is 10.5. The second-order valence-electron chi connectivity index (χ2n) is 5.33. The molecule has 144 valence electrons. The quantitative estimate of drug-likeness (QED) is 0.540. The van der Waals surface area contributed by atoms with E-state index in [2.05, 4.69) is 10.5 Å². The minimum Gasteiger partial charge on any atom is -0.497 e. The first-order chi connectivity index (χ1) is 13.1. The van der Waals surface area contributed by atoms with Gasteiger partial charge in [-0.1, -0.05) is 0 Å². The number of benzene rings is 2. The molecule has 0 atom stereocenters. The number of rotatable bonds is 9. The van der Waals surface area contributed by atoms with Crippen molar-refractivity contribution in [1.29, 1.82) is 0 Å².